The van der Waals surface area contributed by atoms with Gasteiger partial charge >= 0.3 is 0 Å². The van der Waals surface area contributed by atoms with Crippen molar-refractivity contribution in [2.45, 2.75) is 25.3 Å². The number of sulfonamides is 1. The van der Waals surface area contributed by atoms with Gasteiger partial charge in [-0.3, -0.25) is 4.79 Å². The van der Waals surface area contributed by atoms with E-state index in [1.165, 1.54) is 54.1 Å². The minimum Gasteiger partial charge on any atom is -0.383 e. The van der Waals surface area contributed by atoms with Gasteiger partial charge < -0.3 is 14.0 Å². The van der Waals surface area contributed by atoms with Crippen molar-refractivity contribution in [1.29, 1.82) is 0 Å². The van der Waals surface area contributed by atoms with Gasteiger partial charge in [0.1, 0.15) is 0 Å². The molecular formula is C25H31N3O5S2. The summed E-state index contributed by atoms with van der Waals surface area (Å²) in [4.78, 5) is 18.0. The van der Waals surface area contributed by atoms with Crippen LogP contribution in [0.1, 0.15) is 21.5 Å². The Labute approximate surface area is 210 Å². The van der Waals surface area contributed by atoms with Gasteiger partial charge in [0.15, 0.2) is 4.80 Å². The van der Waals surface area contributed by atoms with Gasteiger partial charge in [0.05, 0.1) is 28.3 Å². The number of benzene rings is 2. The zero-order valence-electron chi connectivity index (χ0n) is 20.5. The molecule has 1 aromatic heterocycles. The molecule has 0 atom stereocenters. The van der Waals surface area contributed by atoms with Gasteiger partial charge in [-0.1, -0.05) is 23.5 Å². The molecule has 2 aromatic carbocycles. The minimum absolute atomic E-state index is 0.0935. The number of carbonyl (C=O) groups excluding carboxylic acids is 1. The van der Waals surface area contributed by atoms with Crippen LogP contribution in [0.2, 0.25) is 0 Å². The molecule has 8 nitrogen and oxygen atoms in total. The first kappa shape index (κ1) is 27.0. The van der Waals surface area contributed by atoms with Crippen LogP contribution in [0, 0.1) is 13.8 Å². The van der Waals surface area contributed by atoms with Gasteiger partial charge in [-0.25, -0.2) is 8.42 Å². The maximum absolute atomic E-state index is 13.1. The number of allylic oxidation sites excluding steroid dienone is 1. The smallest absolute Gasteiger partial charge is 0.279 e. The van der Waals surface area contributed by atoms with Gasteiger partial charge in [-0.05, 0) is 55.3 Å². The van der Waals surface area contributed by atoms with Crippen LogP contribution in [0.25, 0.3) is 10.2 Å². The zero-order valence-corrected chi connectivity index (χ0v) is 22.1. The Kier molecular flexibility index (Phi) is 9.15. The Balaban J connectivity index is 1.94. The van der Waals surface area contributed by atoms with Crippen molar-refractivity contribution in [3.05, 3.63) is 70.5 Å². The van der Waals surface area contributed by atoms with E-state index in [0.29, 0.717) is 16.9 Å². The molecule has 0 saturated carbocycles. The molecule has 0 spiro atoms. The minimum atomic E-state index is -3.77. The number of aryl methyl sites for hydroxylation is 2. The quantitative estimate of drug-likeness (QED) is 0.363. The molecule has 0 aliphatic carbocycles. The summed E-state index contributed by atoms with van der Waals surface area (Å²) in [5.74, 6) is -0.441. The summed E-state index contributed by atoms with van der Waals surface area (Å²) in [6, 6.07) is 10.0. The van der Waals surface area contributed by atoms with Gasteiger partial charge in [0, 0.05) is 39.4 Å². The number of carbonyl (C=O) groups is 1. The molecule has 1 amide bonds. The van der Waals surface area contributed by atoms with Crippen molar-refractivity contribution < 1.29 is 22.7 Å². The van der Waals surface area contributed by atoms with Gasteiger partial charge in [-0.15, -0.1) is 6.58 Å². The number of fused-ring (bicyclic) bond motifs is 1. The fourth-order valence-corrected chi connectivity index (χ4v) is 6.21. The lowest BCUT2D eigenvalue weighted by Crippen LogP contribution is -2.36. The SMILES string of the molecule is C=CCn1c(=NC(=O)c2ccc(S(=O)(=O)N(CCOC)CCOC)cc2)sc2c(C)cc(C)cc21. The molecule has 0 aliphatic rings. The van der Waals surface area contributed by atoms with Gasteiger partial charge in [-0.2, -0.15) is 9.30 Å². The fraction of sp³-hybridized carbons (Fsp3) is 0.360. The summed E-state index contributed by atoms with van der Waals surface area (Å²) < 4.78 is 40.6. The van der Waals surface area contributed by atoms with Crippen molar-refractivity contribution in [1.82, 2.24) is 8.87 Å². The van der Waals surface area contributed by atoms with Crippen molar-refractivity contribution in [3.8, 4) is 0 Å². The second-order valence-corrected chi connectivity index (χ2v) is 11.0. The van der Waals surface area contributed by atoms with E-state index in [4.69, 9.17) is 9.47 Å². The lowest BCUT2D eigenvalue weighted by Gasteiger charge is -2.21. The number of amides is 1. The lowest BCUT2D eigenvalue weighted by atomic mass is 10.1. The topological polar surface area (TPSA) is 90.2 Å². The van der Waals surface area contributed by atoms with Crippen LogP contribution < -0.4 is 4.80 Å². The summed E-state index contributed by atoms with van der Waals surface area (Å²) in [7, 11) is -0.735. The molecule has 0 saturated heterocycles. The number of nitrogens with zero attached hydrogens (tertiary/aromatic N) is 3. The van der Waals surface area contributed by atoms with E-state index in [-0.39, 0.29) is 31.2 Å². The average Bonchev–Trinajstić information content (AvgIpc) is 3.16. The van der Waals surface area contributed by atoms with Crippen molar-refractivity contribution in [2.24, 2.45) is 4.99 Å². The number of aromatic nitrogens is 1. The molecule has 35 heavy (non-hydrogen) atoms. The maximum Gasteiger partial charge on any atom is 0.279 e. The molecule has 0 fully saturated rings. The van der Waals surface area contributed by atoms with E-state index in [1.807, 2.05) is 18.4 Å². The molecule has 3 aromatic rings. The van der Waals surface area contributed by atoms with E-state index < -0.39 is 15.9 Å². The van der Waals surface area contributed by atoms with E-state index in [1.54, 1.807) is 6.08 Å². The Hall–Kier alpha value is -2.63. The summed E-state index contributed by atoms with van der Waals surface area (Å²) >= 11 is 1.45. The normalized spacial score (nSPS) is 12.5. The van der Waals surface area contributed by atoms with Crippen LogP contribution >= 0.6 is 11.3 Å². The van der Waals surface area contributed by atoms with Crippen LogP contribution in [0.15, 0.2) is 58.9 Å². The van der Waals surface area contributed by atoms with Crippen molar-refractivity contribution in [2.75, 3.05) is 40.5 Å². The standard InChI is InChI=1S/C25H31N3O5S2/c1-6-11-28-22-17-18(2)16-19(3)23(22)34-25(28)26-24(29)20-7-9-21(10-8-20)35(30,31)27(12-14-32-4)13-15-33-5/h6-10,16-17H,1,11-15H2,2-5H3. The maximum atomic E-state index is 13.1. The molecular weight excluding hydrogens is 486 g/mol. The summed E-state index contributed by atoms with van der Waals surface area (Å²) in [5, 5.41) is 0. The van der Waals surface area contributed by atoms with E-state index >= 15 is 0 Å². The Bertz CT molecular complexity index is 1360. The Morgan fingerprint density at radius 2 is 1.74 bits per heavy atom. The van der Waals surface area contributed by atoms with Crippen LogP contribution in [0.4, 0.5) is 0 Å². The molecule has 188 valence electrons. The average molecular weight is 518 g/mol. The van der Waals surface area contributed by atoms with Gasteiger partial charge in [0.2, 0.25) is 10.0 Å². The molecule has 3 rings (SSSR count). The molecule has 0 radical (unpaired) electrons. The van der Waals surface area contributed by atoms with Crippen LogP contribution in [-0.2, 0) is 26.0 Å². The Morgan fingerprint density at radius 1 is 1.11 bits per heavy atom. The van der Waals surface area contributed by atoms with Crippen molar-refractivity contribution >= 4 is 37.5 Å². The highest BCUT2D eigenvalue weighted by Gasteiger charge is 2.24. The molecule has 10 heteroatoms. The molecule has 1 heterocycles. The number of ether oxygens (including phenoxy) is 2. The largest absolute Gasteiger partial charge is 0.383 e. The number of thiazole rings is 1. The fourth-order valence-electron chi connectivity index (χ4n) is 3.71. The first-order chi connectivity index (χ1) is 16.7. The monoisotopic (exact) mass is 517 g/mol. The van der Waals surface area contributed by atoms with E-state index in [2.05, 4.69) is 23.7 Å². The second-order valence-electron chi connectivity index (χ2n) is 8.05. The highest BCUT2D eigenvalue weighted by atomic mass is 32.2. The molecule has 0 aliphatic heterocycles. The number of methoxy groups -OCH3 is 2. The third-order valence-electron chi connectivity index (χ3n) is 5.45. The predicted octanol–water partition coefficient (Wildman–Crippen LogP) is 3.53. The number of rotatable bonds is 11. The molecule has 0 N–H and O–H groups in total. The third-order valence-corrected chi connectivity index (χ3v) is 8.59. The second kappa shape index (κ2) is 11.9. The highest BCUT2D eigenvalue weighted by Crippen LogP contribution is 2.24. The van der Waals surface area contributed by atoms with E-state index in [0.717, 1.165) is 21.3 Å². The first-order valence-corrected chi connectivity index (χ1v) is 13.4. The van der Waals surface area contributed by atoms with Crippen molar-refractivity contribution in [3.63, 3.8) is 0 Å². The van der Waals surface area contributed by atoms with Crippen LogP contribution in [0.5, 0.6) is 0 Å². The molecule has 0 unspecified atom stereocenters. The summed E-state index contributed by atoms with van der Waals surface area (Å²) in [6.45, 7) is 9.35. The predicted molar refractivity (Wildman–Crippen MR) is 138 cm³/mol. The zero-order chi connectivity index (χ0) is 25.6. The molecule has 0 bridgehead atoms. The summed E-state index contributed by atoms with van der Waals surface area (Å²) in [6.07, 6.45) is 1.77. The first-order valence-electron chi connectivity index (χ1n) is 11.1. The van der Waals surface area contributed by atoms with Crippen LogP contribution in [-0.4, -0.2) is 63.7 Å². The lowest BCUT2D eigenvalue weighted by molar-refractivity contribution is 0.0997. The van der Waals surface area contributed by atoms with Crippen LogP contribution in [0.3, 0.4) is 0 Å². The van der Waals surface area contributed by atoms with Gasteiger partial charge in [0.25, 0.3) is 5.91 Å². The summed E-state index contributed by atoms with van der Waals surface area (Å²) in [5.41, 5.74) is 3.57. The highest BCUT2D eigenvalue weighted by molar-refractivity contribution is 7.89. The number of hydrogen-bond acceptors (Lipinski definition) is 6. The van der Waals surface area contributed by atoms with E-state index in [9.17, 15) is 13.2 Å². The Morgan fingerprint density at radius 3 is 2.31 bits per heavy atom. The number of hydrogen-bond donors (Lipinski definition) is 0. The third kappa shape index (κ3) is 6.14.